The van der Waals surface area contributed by atoms with Gasteiger partial charge in [0.1, 0.15) is 4.99 Å². The predicted octanol–water partition coefficient (Wildman–Crippen LogP) is 2.82. The largest absolute Gasteiger partial charge is 0.389 e. The second kappa shape index (κ2) is 4.79. The standard InChI is InChI=1S/C13H15BrN2OS/c14-7-1-3-10(9(5-7)13(15)18)16-11-6-8-2-4-12(11)17-8/h1,3,5,8,11-12,16H,2,4,6H2,(H2,15,18). The maximum absolute atomic E-state index is 5.85. The first-order valence-corrected chi connectivity index (χ1v) is 7.35. The van der Waals surface area contributed by atoms with E-state index in [1.807, 2.05) is 18.2 Å². The van der Waals surface area contributed by atoms with E-state index < -0.39 is 0 Å². The molecule has 0 aliphatic carbocycles. The second-order valence-corrected chi connectivity index (χ2v) is 6.27. The Labute approximate surface area is 120 Å². The number of halogens is 1. The van der Waals surface area contributed by atoms with Gasteiger partial charge in [-0.25, -0.2) is 0 Å². The quantitative estimate of drug-likeness (QED) is 0.838. The molecule has 2 saturated heterocycles. The molecular formula is C13H15BrN2OS. The lowest BCUT2D eigenvalue weighted by Crippen LogP contribution is -2.31. The molecule has 1 aromatic carbocycles. The zero-order chi connectivity index (χ0) is 12.7. The van der Waals surface area contributed by atoms with Crippen LogP contribution in [0.3, 0.4) is 0 Å². The SMILES string of the molecule is NC(=S)c1cc(Br)ccc1NC1CC2CCC1O2. The molecule has 18 heavy (non-hydrogen) atoms. The third kappa shape index (κ3) is 2.27. The summed E-state index contributed by atoms with van der Waals surface area (Å²) in [6.07, 6.45) is 4.22. The summed E-state index contributed by atoms with van der Waals surface area (Å²) in [4.78, 5) is 0.419. The van der Waals surface area contributed by atoms with Crippen LogP contribution in [-0.4, -0.2) is 23.2 Å². The number of nitrogens with two attached hydrogens (primary N) is 1. The molecule has 2 aliphatic rings. The average molecular weight is 327 g/mol. The van der Waals surface area contributed by atoms with Crippen LogP contribution in [0, 0.1) is 0 Å². The van der Waals surface area contributed by atoms with Gasteiger partial charge in [0.25, 0.3) is 0 Å². The lowest BCUT2D eigenvalue weighted by Gasteiger charge is -2.22. The molecule has 2 fully saturated rings. The summed E-state index contributed by atoms with van der Waals surface area (Å²) in [6, 6.07) is 6.36. The van der Waals surface area contributed by atoms with Crippen LogP contribution in [0.1, 0.15) is 24.8 Å². The Morgan fingerprint density at radius 1 is 1.44 bits per heavy atom. The Morgan fingerprint density at radius 3 is 2.89 bits per heavy atom. The van der Waals surface area contributed by atoms with Gasteiger partial charge in [-0.2, -0.15) is 0 Å². The first-order valence-electron chi connectivity index (χ1n) is 6.15. The number of ether oxygens (including phenoxy) is 1. The Morgan fingerprint density at radius 2 is 2.28 bits per heavy atom. The fraction of sp³-hybridized carbons (Fsp3) is 0.462. The maximum Gasteiger partial charge on any atom is 0.106 e. The average Bonchev–Trinajstić information content (AvgIpc) is 2.93. The van der Waals surface area contributed by atoms with Gasteiger partial charge in [0.15, 0.2) is 0 Å². The van der Waals surface area contributed by atoms with E-state index in [2.05, 4.69) is 21.2 Å². The number of fused-ring (bicyclic) bond motifs is 2. The molecule has 5 heteroatoms. The van der Waals surface area contributed by atoms with Crippen LogP contribution in [-0.2, 0) is 4.74 Å². The third-order valence-corrected chi connectivity index (χ3v) is 4.41. The van der Waals surface area contributed by atoms with E-state index in [-0.39, 0.29) is 0 Å². The molecule has 2 heterocycles. The van der Waals surface area contributed by atoms with Crippen LogP contribution in [0.5, 0.6) is 0 Å². The summed E-state index contributed by atoms with van der Waals surface area (Å²) in [5.41, 5.74) is 7.67. The van der Waals surface area contributed by atoms with Crippen LogP contribution < -0.4 is 11.1 Å². The number of thiocarbonyl (C=S) groups is 1. The van der Waals surface area contributed by atoms with Crippen LogP contribution in [0.15, 0.2) is 22.7 Å². The van der Waals surface area contributed by atoms with Crippen molar-refractivity contribution in [2.24, 2.45) is 5.73 Å². The Bertz CT molecular complexity index is 494. The molecule has 0 amide bonds. The molecule has 3 N–H and O–H groups in total. The molecule has 2 bridgehead atoms. The molecule has 0 radical (unpaired) electrons. The fourth-order valence-electron chi connectivity index (χ4n) is 2.84. The van der Waals surface area contributed by atoms with Gasteiger partial charge >= 0.3 is 0 Å². The van der Waals surface area contributed by atoms with E-state index in [1.165, 1.54) is 6.42 Å². The van der Waals surface area contributed by atoms with E-state index in [1.54, 1.807) is 0 Å². The topological polar surface area (TPSA) is 47.3 Å². The molecule has 0 spiro atoms. The Kier molecular flexibility index (Phi) is 3.30. The highest BCUT2D eigenvalue weighted by molar-refractivity contribution is 9.10. The van der Waals surface area contributed by atoms with Gasteiger partial charge in [-0.3, -0.25) is 0 Å². The summed E-state index contributed by atoms with van der Waals surface area (Å²) in [5, 5.41) is 3.54. The molecular weight excluding hydrogens is 312 g/mol. The number of hydrogen-bond acceptors (Lipinski definition) is 3. The van der Waals surface area contributed by atoms with Crippen LogP contribution in [0.2, 0.25) is 0 Å². The van der Waals surface area contributed by atoms with Gasteiger partial charge in [0.05, 0.1) is 18.2 Å². The van der Waals surface area contributed by atoms with Crippen LogP contribution in [0.4, 0.5) is 5.69 Å². The number of benzene rings is 1. The number of nitrogens with one attached hydrogen (secondary N) is 1. The van der Waals surface area contributed by atoms with Gasteiger partial charge in [-0.1, -0.05) is 28.1 Å². The number of hydrogen-bond donors (Lipinski definition) is 2. The van der Waals surface area contributed by atoms with Crippen molar-refractivity contribution in [1.82, 2.24) is 0 Å². The number of anilines is 1. The van der Waals surface area contributed by atoms with Crippen molar-refractivity contribution in [1.29, 1.82) is 0 Å². The van der Waals surface area contributed by atoms with Gasteiger partial charge in [0, 0.05) is 15.7 Å². The zero-order valence-electron chi connectivity index (χ0n) is 9.86. The van der Waals surface area contributed by atoms with Gasteiger partial charge < -0.3 is 15.8 Å². The molecule has 2 aliphatic heterocycles. The minimum atomic E-state index is 0.345. The molecule has 1 aromatic rings. The molecule has 3 rings (SSSR count). The van der Waals surface area contributed by atoms with Crippen molar-refractivity contribution in [3.05, 3.63) is 28.2 Å². The minimum absolute atomic E-state index is 0.345. The molecule has 96 valence electrons. The molecule has 3 atom stereocenters. The highest BCUT2D eigenvalue weighted by Gasteiger charge is 2.40. The van der Waals surface area contributed by atoms with E-state index in [0.717, 1.165) is 28.6 Å². The van der Waals surface area contributed by atoms with E-state index in [0.29, 0.717) is 23.2 Å². The van der Waals surface area contributed by atoms with Crippen molar-refractivity contribution in [3.8, 4) is 0 Å². The molecule has 3 unspecified atom stereocenters. The Hall–Kier alpha value is -0.650. The van der Waals surface area contributed by atoms with Gasteiger partial charge in [-0.05, 0) is 37.5 Å². The fourth-order valence-corrected chi connectivity index (χ4v) is 3.37. The first kappa shape index (κ1) is 12.4. The van der Waals surface area contributed by atoms with E-state index in [4.69, 9.17) is 22.7 Å². The lowest BCUT2D eigenvalue weighted by atomic mass is 9.95. The first-order chi connectivity index (χ1) is 8.63. The van der Waals surface area contributed by atoms with E-state index in [9.17, 15) is 0 Å². The monoisotopic (exact) mass is 326 g/mol. The highest BCUT2D eigenvalue weighted by atomic mass is 79.9. The third-order valence-electron chi connectivity index (χ3n) is 3.69. The smallest absolute Gasteiger partial charge is 0.106 e. The summed E-state index contributed by atoms with van der Waals surface area (Å²) < 4.78 is 6.83. The second-order valence-electron chi connectivity index (χ2n) is 4.91. The van der Waals surface area contributed by atoms with Crippen molar-refractivity contribution in [2.75, 3.05) is 5.32 Å². The van der Waals surface area contributed by atoms with Gasteiger partial charge in [0.2, 0.25) is 0 Å². The van der Waals surface area contributed by atoms with Crippen LogP contribution >= 0.6 is 28.1 Å². The maximum atomic E-state index is 5.85. The molecule has 3 nitrogen and oxygen atoms in total. The number of rotatable bonds is 3. The summed E-state index contributed by atoms with van der Waals surface area (Å²) in [5.74, 6) is 0. The van der Waals surface area contributed by atoms with Crippen LogP contribution in [0.25, 0.3) is 0 Å². The lowest BCUT2D eigenvalue weighted by molar-refractivity contribution is 0.102. The van der Waals surface area contributed by atoms with Crippen molar-refractivity contribution < 1.29 is 4.74 Å². The zero-order valence-corrected chi connectivity index (χ0v) is 12.3. The van der Waals surface area contributed by atoms with Gasteiger partial charge in [-0.15, -0.1) is 0 Å². The summed E-state index contributed by atoms with van der Waals surface area (Å²) in [6.45, 7) is 0. The minimum Gasteiger partial charge on any atom is -0.389 e. The summed E-state index contributed by atoms with van der Waals surface area (Å²) >= 11 is 8.54. The van der Waals surface area contributed by atoms with Crippen molar-refractivity contribution >= 4 is 38.8 Å². The van der Waals surface area contributed by atoms with E-state index >= 15 is 0 Å². The normalized spacial score (nSPS) is 29.5. The Balaban J connectivity index is 1.82. The summed E-state index contributed by atoms with van der Waals surface area (Å²) in [7, 11) is 0. The highest BCUT2D eigenvalue weighted by Crippen LogP contribution is 2.36. The van der Waals surface area contributed by atoms with Crippen molar-refractivity contribution in [3.63, 3.8) is 0 Å². The van der Waals surface area contributed by atoms with Crippen molar-refractivity contribution in [2.45, 2.75) is 37.5 Å². The molecule has 0 aromatic heterocycles. The predicted molar refractivity (Wildman–Crippen MR) is 80.0 cm³/mol. The molecule has 0 saturated carbocycles.